The smallest absolute Gasteiger partial charge is 0.195 e. The summed E-state index contributed by atoms with van der Waals surface area (Å²) < 4.78 is 21.5. The van der Waals surface area contributed by atoms with Crippen LogP contribution in [0.3, 0.4) is 0 Å². The van der Waals surface area contributed by atoms with Crippen LogP contribution in [0, 0.1) is 0 Å². The summed E-state index contributed by atoms with van der Waals surface area (Å²) in [4.78, 5) is 4.66. The summed E-state index contributed by atoms with van der Waals surface area (Å²) in [6, 6.07) is 7.92. The van der Waals surface area contributed by atoms with Crippen LogP contribution < -0.4 is 15.4 Å². The van der Waals surface area contributed by atoms with Crippen LogP contribution in [0.15, 0.2) is 29.3 Å². The number of anilines is 1. The molecule has 7 heteroatoms. The van der Waals surface area contributed by atoms with Crippen LogP contribution in [-0.4, -0.2) is 65.3 Å². The highest BCUT2D eigenvalue weighted by Crippen LogP contribution is 2.16. The molecule has 1 aromatic rings. The van der Waals surface area contributed by atoms with E-state index in [9.17, 15) is 0 Å². The van der Waals surface area contributed by atoms with E-state index in [1.54, 1.807) is 7.11 Å². The normalized spacial score (nSPS) is 11.7. The van der Waals surface area contributed by atoms with Gasteiger partial charge in [0, 0.05) is 45.7 Å². The maximum Gasteiger partial charge on any atom is 0.195 e. The molecule has 1 rings (SSSR count). The van der Waals surface area contributed by atoms with Crippen LogP contribution in [-0.2, 0) is 14.2 Å². The molecular formula is C22H39N3O4. The van der Waals surface area contributed by atoms with Crippen molar-refractivity contribution in [2.24, 2.45) is 4.99 Å². The average Bonchev–Trinajstić information content (AvgIpc) is 2.70. The predicted molar refractivity (Wildman–Crippen MR) is 119 cm³/mol. The van der Waals surface area contributed by atoms with Crippen molar-refractivity contribution in [2.75, 3.05) is 58.6 Å². The fourth-order valence-corrected chi connectivity index (χ4v) is 2.45. The number of hydrogen-bond acceptors (Lipinski definition) is 5. The van der Waals surface area contributed by atoms with Crippen LogP contribution >= 0.6 is 0 Å². The molecule has 0 atom stereocenters. The molecule has 0 aliphatic rings. The zero-order valence-corrected chi connectivity index (χ0v) is 18.5. The Morgan fingerprint density at radius 3 is 2.41 bits per heavy atom. The van der Waals surface area contributed by atoms with Gasteiger partial charge in [0.2, 0.25) is 0 Å². The highest BCUT2D eigenvalue weighted by Gasteiger charge is 2.02. The fourth-order valence-electron chi connectivity index (χ4n) is 2.45. The SMILES string of the molecule is CCOCCCCNC(=NCCCOCCOC)Nc1ccc(OC(C)C)cc1. The third-order valence-corrected chi connectivity index (χ3v) is 3.85. The van der Waals surface area contributed by atoms with E-state index in [-0.39, 0.29) is 6.10 Å². The Balaban J connectivity index is 2.48. The molecule has 0 radical (unpaired) electrons. The van der Waals surface area contributed by atoms with Gasteiger partial charge in [0.05, 0.1) is 19.3 Å². The predicted octanol–water partition coefficient (Wildman–Crippen LogP) is 3.70. The van der Waals surface area contributed by atoms with Crippen molar-refractivity contribution < 1.29 is 18.9 Å². The zero-order valence-electron chi connectivity index (χ0n) is 18.5. The van der Waals surface area contributed by atoms with Crippen molar-refractivity contribution in [1.82, 2.24) is 5.32 Å². The number of unbranched alkanes of at least 4 members (excludes halogenated alkanes) is 1. The van der Waals surface area contributed by atoms with E-state index in [2.05, 4.69) is 15.6 Å². The second kappa shape index (κ2) is 17.1. The molecule has 0 fully saturated rings. The highest BCUT2D eigenvalue weighted by atomic mass is 16.5. The number of rotatable bonds is 16. The fraction of sp³-hybridized carbons (Fsp3) is 0.682. The van der Waals surface area contributed by atoms with Crippen molar-refractivity contribution in [2.45, 2.75) is 46.1 Å². The molecule has 0 amide bonds. The lowest BCUT2D eigenvalue weighted by Crippen LogP contribution is -2.32. The lowest BCUT2D eigenvalue weighted by molar-refractivity contribution is 0.0702. The number of methoxy groups -OCH3 is 1. The molecule has 7 nitrogen and oxygen atoms in total. The van der Waals surface area contributed by atoms with E-state index in [1.807, 2.05) is 45.0 Å². The molecule has 0 aromatic heterocycles. The third kappa shape index (κ3) is 13.9. The first-order valence-electron chi connectivity index (χ1n) is 10.6. The quantitative estimate of drug-likeness (QED) is 0.246. The lowest BCUT2D eigenvalue weighted by atomic mass is 10.3. The van der Waals surface area contributed by atoms with Gasteiger partial charge in [0.25, 0.3) is 0 Å². The molecule has 0 saturated heterocycles. The number of nitrogens with one attached hydrogen (secondary N) is 2. The van der Waals surface area contributed by atoms with Gasteiger partial charge < -0.3 is 29.6 Å². The average molecular weight is 410 g/mol. The molecular weight excluding hydrogens is 370 g/mol. The van der Waals surface area contributed by atoms with E-state index in [1.165, 1.54) is 0 Å². The molecule has 0 saturated carbocycles. The van der Waals surface area contributed by atoms with Crippen LogP contribution in [0.4, 0.5) is 5.69 Å². The molecule has 1 aromatic carbocycles. The highest BCUT2D eigenvalue weighted by molar-refractivity contribution is 5.93. The Morgan fingerprint density at radius 2 is 1.72 bits per heavy atom. The van der Waals surface area contributed by atoms with Gasteiger partial charge in [-0.2, -0.15) is 0 Å². The largest absolute Gasteiger partial charge is 0.491 e. The van der Waals surface area contributed by atoms with Crippen molar-refractivity contribution in [3.63, 3.8) is 0 Å². The minimum Gasteiger partial charge on any atom is -0.491 e. The molecule has 0 bridgehead atoms. The van der Waals surface area contributed by atoms with E-state index < -0.39 is 0 Å². The van der Waals surface area contributed by atoms with Crippen LogP contribution in [0.5, 0.6) is 5.75 Å². The van der Waals surface area contributed by atoms with Gasteiger partial charge in [-0.05, 0) is 64.3 Å². The molecule has 0 unspecified atom stereocenters. The molecule has 166 valence electrons. The molecule has 0 spiro atoms. The van der Waals surface area contributed by atoms with Gasteiger partial charge in [-0.3, -0.25) is 4.99 Å². The zero-order chi connectivity index (χ0) is 21.2. The summed E-state index contributed by atoms with van der Waals surface area (Å²) in [5, 5.41) is 6.76. The summed E-state index contributed by atoms with van der Waals surface area (Å²) in [5.74, 6) is 1.64. The topological polar surface area (TPSA) is 73.3 Å². The minimum absolute atomic E-state index is 0.162. The maximum absolute atomic E-state index is 5.70. The summed E-state index contributed by atoms with van der Waals surface area (Å²) in [6.45, 7) is 11.1. The summed E-state index contributed by atoms with van der Waals surface area (Å²) in [7, 11) is 1.67. The Hall–Kier alpha value is -1.83. The maximum atomic E-state index is 5.70. The van der Waals surface area contributed by atoms with Crippen LogP contribution in [0.25, 0.3) is 0 Å². The van der Waals surface area contributed by atoms with Gasteiger partial charge in [0.15, 0.2) is 5.96 Å². The van der Waals surface area contributed by atoms with Crippen LogP contribution in [0.1, 0.15) is 40.0 Å². The Bertz CT molecular complexity index is 535. The van der Waals surface area contributed by atoms with E-state index in [0.29, 0.717) is 26.4 Å². The molecule has 0 aliphatic carbocycles. The van der Waals surface area contributed by atoms with Crippen molar-refractivity contribution in [3.05, 3.63) is 24.3 Å². The monoisotopic (exact) mass is 409 g/mol. The summed E-state index contributed by atoms with van der Waals surface area (Å²) >= 11 is 0. The van der Waals surface area contributed by atoms with Gasteiger partial charge in [-0.15, -0.1) is 0 Å². The van der Waals surface area contributed by atoms with Gasteiger partial charge >= 0.3 is 0 Å². The second-order valence-corrected chi connectivity index (χ2v) is 6.84. The summed E-state index contributed by atoms with van der Waals surface area (Å²) in [6.07, 6.45) is 3.09. The first-order chi connectivity index (χ1) is 14.2. The molecule has 0 heterocycles. The third-order valence-electron chi connectivity index (χ3n) is 3.85. The number of nitrogens with zero attached hydrogens (tertiary/aromatic N) is 1. The summed E-state index contributed by atoms with van der Waals surface area (Å²) in [5.41, 5.74) is 0.970. The van der Waals surface area contributed by atoms with Crippen molar-refractivity contribution in [3.8, 4) is 5.75 Å². The van der Waals surface area contributed by atoms with Gasteiger partial charge in [-0.1, -0.05) is 0 Å². The Morgan fingerprint density at radius 1 is 0.966 bits per heavy atom. The molecule has 2 N–H and O–H groups in total. The Kier molecular flexibility index (Phi) is 14.8. The van der Waals surface area contributed by atoms with E-state index in [4.69, 9.17) is 18.9 Å². The van der Waals surface area contributed by atoms with Crippen LogP contribution in [0.2, 0.25) is 0 Å². The second-order valence-electron chi connectivity index (χ2n) is 6.84. The van der Waals surface area contributed by atoms with Crippen molar-refractivity contribution in [1.29, 1.82) is 0 Å². The first-order valence-corrected chi connectivity index (χ1v) is 10.6. The minimum atomic E-state index is 0.162. The Labute approximate surface area is 176 Å². The van der Waals surface area contributed by atoms with Gasteiger partial charge in [0.1, 0.15) is 5.75 Å². The number of hydrogen-bond donors (Lipinski definition) is 2. The number of benzene rings is 1. The molecule has 0 aliphatic heterocycles. The number of guanidine groups is 1. The number of aliphatic imine (C=N–C) groups is 1. The van der Waals surface area contributed by atoms with Gasteiger partial charge in [-0.25, -0.2) is 0 Å². The lowest BCUT2D eigenvalue weighted by Gasteiger charge is -2.14. The first kappa shape index (κ1) is 25.2. The van der Waals surface area contributed by atoms with E-state index >= 15 is 0 Å². The number of ether oxygens (including phenoxy) is 4. The standard InChI is InChI=1S/C22H39N3O4/c1-5-27-15-7-6-13-23-22(24-14-8-16-28-18-17-26-4)25-20-9-11-21(12-10-20)29-19(2)3/h9-12,19H,5-8,13-18H2,1-4H3,(H2,23,24,25). The van der Waals surface area contributed by atoms with Crippen molar-refractivity contribution >= 4 is 11.6 Å². The molecule has 29 heavy (non-hydrogen) atoms. The van der Waals surface area contributed by atoms with E-state index in [0.717, 1.165) is 56.4 Å².